The van der Waals surface area contributed by atoms with Crippen LogP contribution in [-0.2, 0) is 19.1 Å². The van der Waals surface area contributed by atoms with Crippen molar-refractivity contribution in [2.75, 3.05) is 26.8 Å². The molecule has 0 aromatic rings. The number of carboxylic acids is 1. The highest BCUT2D eigenvalue weighted by Crippen LogP contribution is 2.10. The molecular weight excluding hydrogens is 254 g/mol. The molecule has 0 spiro atoms. The van der Waals surface area contributed by atoms with Crippen LogP contribution in [0.1, 0.15) is 12.8 Å². The molecule has 1 aliphatic heterocycles. The Bertz CT molecular complexity index is 360. The van der Waals surface area contributed by atoms with Gasteiger partial charge < -0.3 is 25.8 Å². The number of carbonyl (C=O) groups excluding carboxylic acids is 2. The van der Waals surface area contributed by atoms with Gasteiger partial charge in [-0.1, -0.05) is 0 Å². The first kappa shape index (κ1) is 15.4. The molecule has 0 aromatic carbocycles. The molecule has 8 heteroatoms. The molecule has 0 saturated carbocycles. The zero-order valence-corrected chi connectivity index (χ0v) is 10.8. The maximum absolute atomic E-state index is 12.1. The van der Waals surface area contributed by atoms with Gasteiger partial charge in [-0.15, -0.1) is 0 Å². The fraction of sp³-hybridized carbons (Fsp3) is 0.727. The van der Waals surface area contributed by atoms with E-state index in [2.05, 4.69) is 5.32 Å². The van der Waals surface area contributed by atoms with Gasteiger partial charge in [0, 0.05) is 20.0 Å². The van der Waals surface area contributed by atoms with Crippen molar-refractivity contribution in [2.24, 2.45) is 5.73 Å². The number of aliphatic carboxylic acids is 1. The first-order chi connectivity index (χ1) is 8.97. The lowest BCUT2D eigenvalue weighted by Crippen LogP contribution is -2.58. The van der Waals surface area contributed by atoms with E-state index in [0.29, 0.717) is 6.61 Å². The van der Waals surface area contributed by atoms with Crippen LogP contribution in [0.2, 0.25) is 0 Å². The number of nitrogens with zero attached hydrogens (tertiary/aromatic N) is 1. The summed E-state index contributed by atoms with van der Waals surface area (Å²) in [5, 5.41) is 11.0. The van der Waals surface area contributed by atoms with Crippen LogP contribution in [-0.4, -0.2) is 66.7 Å². The summed E-state index contributed by atoms with van der Waals surface area (Å²) in [4.78, 5) is 35.6. The second kappa shape index (κ2) is 7.05. The molecule has 2 unspecified atom stereocenters. The first-order valence-electron chi connectivity index (χ1n) is 6.04. The Hall–Kier alpha value is -1.67. The fourth-order valence-corrected chi connectivity index (χ4v) is 1.87. The second-order valence-corrected chi connectivity index (χ2v) is 4.28. The van der Waals surface area contributed by atoms with Gasteiger partial charge >= 0.3 is 5.97 Å². The summed E-state index contributed by atoms with van der Waals surface area (Å²) in [5.41, 5.74) is 5.67. The van der Waals surface area contributed by atoms with Gasteiger partial charge in [0.15, 0.2) is 0 Å². The number of likely N-dealkylation sites (N-methyl/N-ethyl adjacent to an activating group) is 1. The van der Waals surface area contributed by atoms with E-state index in [1.807, 2.05) is 0 Å². The van der Waals surface area contributed by atoms with Crippen molar-refractivity contribution in [3.05, 3.63) is 0 Å². The van der Waals surface area contributed by atoms with Crippen molar-refractivity contribution in [3.8, 4) is 0 Å². The van der Waals surface area contributed by atoms with E-state index >= 15 is 0 Å². The number of hydrogen-bond donors (Lipinski definition) is 3. The van der Waals surface area contributed by atoms with Crippen molar-refractivity contribution >= 4 is 17.8 Å². The number of hydrogen-bond acceptors (Lipinski definition) is 5. The van der Waals surface area contributed by atoms with Gasteiger partial charge in [0.25, 0.3) is 0 Å². The molecule has 2 amide bonds. The zero-order valence-electron chi connectivity index (χ0n) is 10.8. The van der Waals surface area contributed by atoms with Crippen LogP contribution in [0.4, 0.5) is 0 Å². The van der Waals surface area contributed by atoms with E-state index in [0.717, 1.165) is 0 Å². The second-order valence-electron chi connectivity index (χ2n) is 4.28. The lowest BCUT2D eigenvalue weighted by molar-refractivity contribution is -0.149. The van der Waals surface area contributed by atoms with Gasteiger partial charge in [0.1, 0.15) is 6.04 Å². The molecule has 2 atom stereocenters. The number of ether oxygens (including phenoxy) is 1. The summed E-state index contributed by atoms with van der Waals surface area (Å²) >= 11 is 0. The van der Waals surface area contributed by atoms with Crippen LogP contribution in [0.15, 0.2) is 0 Å². The molecule has 108 valence electrons. The van der Waals surface area contributed by atoms with Crippen LogP contribution >= 0.6 is 0 Å². The first-order valence-corrected chi connectivity index (χ1v) is 6.04. The Morgan fingerprint density at radius 3 is 2.79 bits per heavy atom. The predicted octanol–water partition coefficient (Wildman–Crippen LogP) is -1.85. The lowest BCUT2D eigenvalue weighted by atomic mass is 10.1. The highest BCUT2D eigenvalue weighted by molar-refractivity contribution is 5.90. The van der Waals surface area contributed by atoms with E-state index in [9.17, 15) is 14.4 Å². The molecule has 8 nitrogen and oxygen atoms in total. The van der Waals surface area contributed by atoms with Crippen LogP contribution in [0.25, 0.3) is 0 Å². The molecule has 1 heterocycles. The Labute approximate surface area is 110 Å². The molecule has 1 aliphatic rings. The van der Waals surface area contributed by atoms with Crippen molar-refractivity contribution in [3.63, 3.8) is 0 Å². The maximum Gasteiger partial charge on any atom is 0.303 e. The van der Waals surface area contributed by atoms with Gasteiger partial charge in [0.2, 0.25) is 11.8 Å². The Morgan fingerprint density at radius 2 is 2.21 bits per heavy atom. The summed E-state index contributed by atoms with van der Waals surface area (Å²) < 4.78 is 5.17. The number of carbonyl (C=O) groups is 3. The molecule has 0 aromatic heterocycles. The number of rotatable bonds is 5. The van der Waals surface area contributed by atoms with E-state index in [1.165, 1.54) is 11.9 Å². The summed E-state index contributed by atoms with van der Waals surface area (Å²) in [5.74, 6) is -1.75. The highest BCUT2D eigenvalue weighted by atomic mass is 16.5. The van der Waals surface area contributed by atoms with Crippen molar-refractivity contribution in [1.29, 1.82) is 0 Å². The number of nitrogens with two attached hydrogens (primary N) is 1. The SMILES string of the molecule is CNC(=O)C1COCCN1C(=O)C(N)CCC(=O)O. The number of amides is 2. The largest absolute Gasteiger partial charge is 0.481 e. The van der Waals surface area contributed by atoms with Gasteiger partial charge in [-0.25, -0.2) is 0 Å². The minimum Gasteiger partial charge on any atom is -0.481 e. The van der Waals surface area contributed by atoms with E-state index < -0.39 is 24.0 Å². The van der Waals surface area contributed by atoms with Crippen molar-refractivity contribution in [2.45, 2.75) is 24.9 Å². The van der Waals surface area contributed by atoms with Crippen LogP contribution in [0, 0.1) is 0 Å². The maximum atomic E-state index is 12.1. The third-order valence-corrected chi connectivity index (χ3v) is 2.95. The molecule has 4 N–H and O–H groups in total. The topological polar surface area (TPSA) is 122 Å². The highest BCUT2D eigenvalue weighted by Gasteiger charge is 2.34. The van der Waals surface area contributed by atoms with E-state index in [4.69, 9.17) is 15.6 Å². The van der Waals surface area contributed by atoms with E-state index in [1.54, 1.807) is 0 Å². The van der Waals surface area contributed by atoms with Crippen molar-refractivity contribution < 1.29 is 24.2 Å². The zero-order chi connectivity index (χ0) is 14.4. The summed E-state index contributed by atoms with van der Waals surface area (Å²) in [6.45, 7) is 0.736. The summed E-state index contributed by atoms with van der Waals surface area (Å²) in [7, 11) is 1.48. The number of nitrogens with one attached hydrogen (secondary N) is 1. The predicted molar refractivity (Wildman–Crippen MR) is 65.2 cm³/mol. The molecular formula is C11H19N3O5. The summed E-state index contributed by atoms with van der Waals surface area (Å²) in [6.07, 6.45) is -0.131. The van der Waals surface area contributed by atoms with Gasteiger partial charge in [-0.2, -0.15) is 0 Å². The third-order valence-electron chi connectivity index (χ3n) is 2.95. The normalized spacial score (nSPS) is 20.7. The Morgan fingerprint density at radius 1 is 1.53 bits per heavy atom. The smallest absolute Gasteiger partial charge is 0.303 e. The Kier molecular flexibility index (Phi) is 5.71. The molecule has 1 rings (SSSR count). The van der Waals surface area contributed by atoms with Crippen LogP contribution in [0.5, 0.6) is 0 Å². The van der Waals surface area contributed by atoms with Crippen LogP contribution < -0.4 is 11.1 Å². The number of carboxylic acid groups (broad SMARTS) is 1. The van der Waals surface area contributed by atoms with E-state index in [-0.39, 0.29) is 31.9 Å². The minimum absolute atomic E-state index is 0.0476. The van der Waals surface area contributed by atoms with Gasteiger partial charge in [-0.05, 0) is 6.42 Å². The van der Waals surface area contributed by atoms with Crippen LogP contribution in [0.3, 0.4) is 0 Å². The number of morpholine rings is 1. The molecule has 0 aliphatic carbocycles. The average molecular weight is 273 g/mol. The third kappa shape index (κ3) is 4.18. The average Bonchev–Trinajstić information content (AvgIpc) is 2.42. The minimum atomic E-state index is -1.01. The molecule has 1 saturated heterocycles. The molecule has 1 fully saturated rings. The van der Waals surface area contributed by atoms with Crippen molar-refractivity contribution in [1.82, 2.24) is 10.2 Å². The lowest BCUT2D eigenvalue weighted by Gasteiger charge is -2.35. The van der Waals surface area contributed by atoms with Gasteiger partial charge in [-0.3, -0.25) is 14.4 Å². The Balaban J connectivity index is 2.65. The van der Waals surface area contributed by atoms with Gasteiger partial charge in [0.05, 0.1) is 19.3 Å². The molecule has 0 bridgehead atoms. The summed E-state index contributed by atoms with van der Waals surface area (Å²) in [6, 6.07) is -1.62. The fourth-order valence-electron chi connectivity index (χ4n) is 1.87. The standard InChI is InChI=1S/C11H19N3O5/c1-13-10(17)8-6-19-5-4-14(8)11(18)7(12)2-3-9(15)16/h7-8H,2-6,12H2,1H3,(H,13,17)(H,15,16). The monoisotopic (exact) mass is 273 g/mol. The molecule has 19 heavy (non-hydrogen) atoms. The molecule has 0 radical (unpaired) electrons. The quantitative estimate of drug-likeness (QED) is 0.540.